The summed E-state index contributed by atoms with van der Waals surface area (Å²) in [5.41, 5.74) is 1.85. The van der Waals surface area contributed by atoms with Gasteiger partial charge in [-0.1, -0.05) is 12.1 Å². The zero-order chi connectivity index (χ0) is 20.3. The van der Waals surface area contributed by atoms with Gasteiger partial charge in [0.05, 0.1) is 19.7 Å². The van der Waals surface area contributed by atoms with Gasteiger partial charge in [-0.2, -0.15) is 0 Å². The number of hydrogen-bond donors (Lipinski definition) is 3. The Morgan fingerprint density at radius 1 is 1.19 bits per heavy atom. The molecule has 7 nitrogen and oxygen atoms in total. The largest absolute Gasteiger partial charge is 0.488 e. The van der Waals surface area contributed by atoms with Gasteiger partial charge in [0.2, 0.25) is 5.91 Å². The van der Waals surface area contributed by atoms with E-state index in [1.54, 1.807) is 7.11 Å². The zero-order valence-corrected chi connectivity index (χ0v) is 17.4. The number of benzene rings is 1. The van der Waals surface area contributed by atoms with E-state index in [1.807, 2.05) is 52.8 Å². The molecule has 0 bridgehead atoms. The van der Waals surface area contributed by atoms with Crippen molar-refractivity contribution in [2.45, 2.75) is 46.8 Å². The van der Waals surface area contributed by atoms with Crippen LogP contribution in [-0.2, 0) is 16.1 Å². The van der Waals surface area contributed by atoms with Gasteiger partial charge in [0.25, 0.3) is 0 Å². The second-order valence-electron chi connectivity index (χ2n) is 7.22. The van der Waals surface area contributed by atoms with Crippen molar-refractivity contribution in [3.05, 3.63) is 29.3 Å². The molecule has 0 heterocycles. The highest BCUT2D eigenvalue weighted by atomic mass is 16.5. The number of carbonyl (C=O) groups is 1. The van der Waals surface area contributed by atoms with Crippen molar-refractivity contribution in [1.29, 1.82) is 0 Å². The van der Waals surface area contributed by atoms with Crippen LogP contribution in [0, 0.1) is 6.92 Å². The number of carbonyl (C=O) groups excluding carboxylic acids is 1. The minimum atomic E-state index is -0.282. The first-order valence-electron chi connectivity index (χ1n) is 9.31. The SMILES string of the molecule is CCNC(=NCc1ccc(C)cc1OC(C)(C)C)NCC(=O)NCCOC. The van der Waals surface area contributed by atoms with Crippen molar-refractivity contribution in [3.63, 3.8) is 0 Å². The van der Waals surface area contributed by atoms with Crippen molar-refractivity contribution in [1.82, 2.24) is 16.0 Å². The van der Waals surface area contributed by atoms with E-state index in [0.717, 1.165) is 16.9 Å². The van der Waals surface area contributed by atoms with Gasteiger partial charge in [-0.25, -0.2) is 4.99 Å². The van der Waals surface area contributed by atoms with Crippen molar-refractivity contribution in [2.24, 2.45) is 4.99 Å². The average molecular weight is 379 g/mol. The highest BCUT2D eigenvalue weighted by Crippen LogP contribution is 2.25. The lowest BCUT2D eigenvalue weighted by Gasteiger charge is -2.23. The highest BCUT2D eigenvalue weighted by molar-refractivity contribution is 5.86. The third-order valence-corrected chi connectivity index (χ3v) is 3.44. The van der Waals surface area contributed by atoms with Gasteiger partial charge < -0.3 is 25.4 Å². The number of guanidine groups is 1. The molecule has 0 spiro atoms. The van der Waals surface area contributed by atoms with Gasteiger partial charge >= 0.3 is 0 Å². The predicted molar refractivity (Wildman–Crippen MR) is 109 cm³/mol. The van der Waals surface area contributed by atoms with Crippen LogP contribution in [0.3, 0.4) is 0 Å². The first-order chi connectivity index (χ1) is 12.7. The van der Waals surface area contributed by atoms with Crippen LogP contribution in [0.5, 0.6) is 5.75 Å². The molecule has 1 amide bonds. The Morgan fingerprint density at radius 2 is 1.93 bits per heavy atom. The molecule has 0 saturated heterocycles. The molecule has 0 fully saturated rings. The molecule has 152 valence electrons. The lowest BCUT2D eigenvalue weighted by atomic mass is 10.1. The van der Waals surface area contributed by atoms with Crippen LogP contribution < -0.4 is 20.7 Å². The number of aliphatic imine (C=N–C) groups is 1. The number of nitrogens with one attached hydrogen (secondary N) is 3. The van der Waals surface area contributed by atoms with E-state index in [4.69, 9.17) is 9.47 Å². The fourth-order valence-electron chi connectivity index (χ4n) is 2.24. The van der Waals surface area contributed by atoms with Crippen LogP contribution in [0.2, 0.25) is 0 Å². The molecular formula is C20H34N4O3. The molecule has 0 aliphatic carbocycles. The van der Waals surface area contributed by atoms with E-state index in [0.29, 0.717) is 32.2 Å². The molecule has 27 heavy (non-hydrogen) atoms. The maximum Gasteiger partial charge on any atom is 0.239 e. The summed E-state index contributed by atoms with van der Waals surface area (Å²) in [5, 5.41) is 8.96. The van der Waals surface area contributed by atoms with E-state index in [2.05, 4.69) is 20.9 Å². The summed E-state index contributed by atoms with van der Waals surface area (Å²) in [4.78, 5) is 16.4. The van der Waals surface area contributed by atoms with E-state index in [-0.39, 0.29) is 18.1 Å². The molecule has 1 rings (SSSR count). The van der Waals surface area contributed by atoms with Crippen molar-refractivity contribution >= 4 is 11.9 Å². The van der Waals surface area contributed by atoms with Crippen LogP contribution >= 0.6 is 0 Å². The van der Waals surface area contributed by atoms with Crippen LogP contribution in [0.15, 0.2) is 23.2 Å². The minimum Gasteiger partial charge on any atom is -0.488 e. The summed E-state index contributed by atoms with van der Waals surface area (Å²) in [6.45, 7) is 12.4. The van der Waals surface area contributed by atoms with Crippen molar-refractivity contribution in [2.75, 3.05) is 33.4 Å². The fraction of sp³-hybridized carbons (Fsp3) is 0.600. The topological polar surface area (TPSA) is 84.0 Å². The standard InChI is InChI=1S/C20H34N4O3/c1-7-21-19(24-14-18(25)22-10-11-26-6)23-13-16-9-8-15(2)12-17(16)27-20(3,4)5/h8-9,12H,7,10-11,13-14H2,1-6H3,(H,22,25)(H2,21,23,24). The molecule has 0 aliphatic rings. The quantitative estimate of drug-likeness (QED) is 0.348. The summed E-state index contributed by atoms with van der Waals surface area (Å²) < 4.78 is 11.0. The third-order valence-electron chi connectivity index (χ3n) is 3.44. The lowest BCUT2D eigenvalue weighted by molar-refractivity contribution is -0.120. The Bertz CT molecular complexity index is 624. The number of methoxy groups -OCH3 is 1. The molecule has 0 aliphatic heterocycles. The number of ether oxygens (including phenoxy) is 2. The molecule has 1 aromatic rings. The molecule has 0 radical (unpaired) electrons. The summed E-state index contributed by atoms with van der Waals surface area (Å²) in [6, 6.07) is 6.10. The second kappa shape index (κ2) is 11.4. The number of amides is 1. The van der Waals surface area contributed by atoms with Gasteiger partial charge in [-0.05, 0) is 46.2 Å². The molecule has 7 heteroatoms. The van der Waals surface area contributed by atoms with E-state index < -0.39 is 0 Å². The van der Waals surface area contributed by atoms with E-state index >= 15 is 0 Å². The molecular weight excluding hydrogens is 344 g/mol. The number of hydrogen-bond acceptors (Lipinski definition) is 4. The number of aryl methyl sites for hydroxylation is 1. The minimum absolute atomic E-state index is 0.107. The smallest absolute Gasteiger partial charge is 0.239 e. The Labute approximate surface area is 162 Å². The van der Waals surface area contributed by atoms with Gasteiger partial charge in [0, 0.05) is 25.8 Å². The van der Waals surface area contributed by atoms with Gasteiger partial charge in [-0.3, -0.25) is 4.79 Å². The maximum absolute atomic E-state index is 11.8. The average Bonchev–Trinajstić information content (AvgIpc) is 2.57. The monoisotopic (exact) mass is 378 g/mol. The normalized spacial score (nSPS) is 11.9. The van der Waals surface area contributed by atoms with Gasteiger partial charge in [0.15, 0.2) is 5.96 Å². The molecule has 1 aromatic carbocycles. The van der Waals surface area contributed by atoms with Crippen molar-refractivity contribution in [3.8, 4) is 5.75 Å². The zero-order valence-electron chi connectivity index (χ0n) is 17.4. The first-order valence-corrected chi connectivity index (χ1v) is 9.31. The van der Waals surface area contributed by atoms with Crippen LogP contribution in [-0.4, -0.2) is 50.8 Å². The highest BCUT2D eigenvalue weighted by Gasteiger charge is 2.15. The number of rotatable bonds is 9. The fourth-order valence-corrected chi connectivity index (χ4v) is 2.24. The summed E-state index contributed by atoms with van der Waals surface area (Å²) in [6.07, 6.45) is 0. The summed E-state index contributed by atoms with van der Waals surface area (Å²) in [7, 11) is 1.60. The molecule has 0 aromatic heterocycles. The van der Waals surface area contributed by atoms with Crippen LogP contribution in [0.1, 0.15) is 38.8 Å². The first kappa shape index (κ1) is 22.8. The summed E-state index contributed by atoms with van der Waals surface area (Å²) in [5.74, 6) is 1.31. The number of nitrogens with zero attached hydrogens (tertiary/aromatic N) is 1. The Morgan fingerprint density at radius 3 is 2.56 bits per heavy atom. The van der Waals surface area contributed by atoms with E-state index in [9.17, 15) is 4.79 Å². The predicted octanol–water partition coefficient (Wildman–Crippen LogP) is 1.99. The molecule has 0 saturated carbocycles. The van der Waals surface area contributed by atoms with Gasteiger partial charge in [0.1, 0.15) is 11.4 Å². The third kappa shape index (κ3) is 9.84. The van der Waals surface area contributed by atoms with E-state index in [1.165, 1.54) is 0 Å². The Hall–Kier alpha value is -2.28. The van der Waals surface area contributed by atoms with Crippen LogP contribution in [0.4, 0.5) is 0 Å². The maximum atomic E-state index is 11.8. The molecule has 3 N–H and O–H groups in total. The van der Waals surface area contributed by atoms with Crippen molar-refractivity contribution < 1.29 is 14.3 Å². The Kier molecular flexibility index (Phi) is 9.64. The lowest BCUT2D eigenvalue weighted by Crippen LogP contribution is -2.43. The van der Waals surface area contributed by atoms with Crippen LogP contribution in [0.25, 0.3) is 0 Å². The molecule has 0 unspecified atom stereocenters. The van der Waals surface area contributed by atoms with Gasteiger partial charge in [-0.15, -0.1) is 0 Å². The second-order valence-corrected chi connectivity index (χ2v) is 7.22. The summed E-state index contributed by atoms with van der Waals surface area (Å²) >= 11 is 0. The Balaban J connectivity index is 2.76. The molecule has 0 atom stereocenters.